The van der Waals surface area contributed by atoms with Gasteiger partial charge in [-0.15, -0.1) is 12.3 Å². The number of terminal acetylenes is 1. The van der Waals surface area contributed by atoms with Crippen LogP contribution in [0.2, 0.25) is 0 Å². The number of sulfonamides is 1. The molecule has 0 aliphatic rings. The van der Waals surface area contributed by atoms with Crippen LogP contribution in [-0.2, 0) is 14.8 Å². The molecule has 0 aliphatic carbocycles. The van der Waals surface area contributed by atoms with Crippen molar-refractivity contribution in [2.24, 2.45) is 5.92 Å². The average molecular weight is 364 g/mol. The van der Waals surface area contributed by atoms with Crippen molar-refractivity contribution in [3.05, 3.63) is 42.5 Å². The third kappa shape index (κ3) is 5.43. The highest BCUT2D eigenvalue weighted by Crippen LogP contribution is 2.28. The Morgan fingerprint density at radius 1 is 1.24 bits per heavy atom. The molecular formula is C20H29NO3S. The molecule has 25 heavy (non-hydrogen) atoms. The molecule has 0 saturated heterocycles. The Morgan fingerprint density at radius 2 is 1.80 bits per heavy atom. The monoisotopic (exact) mass is 363 g/mol. The van der Waals surface area contributed by atoms with Gasteiger partial charge in [-0.3, -0.25) is 0 Å². The van der Waals surface area contributed by atoms with Gasteiger partial charge in [-0.2, -0.15) is 4.31 Å². The first-order valence-electron chi connectivity index (χ1n) is 8.46. The van der Waals surface area contributed by atoms with E-state index in [9.17, 15) is 8.42 Å². The van der Waals surface area contributed by atoms with Crippen molar-refractivity contribution in [1.29, 1.82) is 0 Å². The lowest BCUT2D eigenvalue weighted by atomic mass is 10.0. The minimum Gasteiger partial charge on any atom is -0.356 e. The molecule has 0 fully saturated rings. The number of aryl methyl sites for hydroxylation is 1. The molecule has 1 aromatic rings. The molecule has 2 atom stereocenters. The highest BCUT2D eigenvalue weighted by atomic mass is 32.2. The second-order valence-corrected chi connectivity index (χ2v) is 8.52. The number of hydrogen-bond donors (Lipinski definition) is 0. The molecule has 0 aliphatic heterocycles. The quantitative estimate of drug-likeness (QED) is 0.379. The van der Waals surface area contributed by atoms with Gasteiger partial charge in [-0.25, -0.2) is 8.42 Å². The first-order chi connectivity index (χ1) is 11.6. The molecule has 1 aromatic carbocycles. The molecule has 0 aromatic heterocycles. The van der Waals surface area contributed by atoms with Crippen LogP contribution in [0.25, 0.3) is 0 Å². The smallest absolute Gasteiger partial charge is 0.245 e. The van der Waals surface area contributed by atoms with E-state index in [0.717, 1.165) is 5.56 Å². The number of ether oxygens (including phenoxy) is 1. The summed E-state index contributed by atoms with van der Waals surface area (Å²) in [5, 5.41) is 0. The molecule has 0 amide bonds. The van der Waals surface area contributed by atoms with Crippen molar-refractivity contribution < 1.29 is 13.2 Å². The van der Waals surface area contributed by atoms with Crippen molar-refractivity contribution in [2.45, 2.75) is 64.3 Å². The summed E-state index contributed by atoms with van der Waals surface area (Å²) in [5.41, 5.74) is 0.994. The molecule has 0 saturated carbocycles. The summed E-state index contributed by atoms with van der Waals surface area (Å²) in [4.78, 5) is 0.222. The van der Waals surface area contributed by atoms with E-state index in [0.29, 0.717) is 6.42 Å². The highest BCUT2D eigenvalue weighted by molar-refractivity contribution is 7.89. The van der Waals surface area contributed by atoms with Gasteiger partial charge in [0.15, 0.2) is 0 Å². The van der Waals surface area contributed by atoms with E-state index >= 15 is 0 Å². The minimum atomic E-state index is -3.80. The van der Waals surface area contributed by atoms with Crippen molar-refractivity contribution in [3.63, 3.8) is 0 Å². The van der Waals surface area contributed by atoms with Gasteiger partial charge in [0.05, 0.1) is 11.0 Å². The normalized spacial score (nSPS) is 14.5. The van der Waals surface area contributed by atoms with E-state index in [1.807, 2.05) is 34.6 Å². The molecule has 138 valence electrons. The molecule has 0 bridgehead atoms. The maximum Gasteiger partial charge on any atom is 0.245 e. The standard InChI is InChI=1S/C20H29NO3S/c1-8-10-19(15(3)4)21(20(9-2)24-16(5)6)25(22,23)18-13-11-17(7)12-14-18/h1,9,11-16,19-20H,2,10H2,3-7H3/t19-,20-/m0/s1. The van der Waals surface area contributed by atoms with Crippen molar-refractivity contribution in [1.82, 2.24) is 4.31 Å². The van der Waals surface area contributed by atoms with Crippen LogP contribution in [0.4, 0.5) is 0 Å². The zero-order valence-corrected chi connectivity index (χ0v) is 16.6. The lowest BCUT2D eigenvalue weighted by Crippen LogP contribution is -2.50. The number of rotatable bonds is 9. The third-order valence-electron chi connectivity index (χ3n) is 3.88. The van der Waals surface area contributed by atoms with Crippen LogP contribution in [0.5, 0.6) is 0 Å². The number of nitrogens with zero attached hydrogens (tertiary/aromatic N) is 1. The SMILES string of the molecule is C#CC[C@@H](C(C)C)N([C@H](C=C)OC(C)C)S(=O)(=O)c1ccc(C)cc1. The lowest BCUT2D eigenvalue weighted by Gasteiger charge is -2.37. The molecule has 0 radical (unpaired) electrons. The zero-order valence-electron chi connectivity index (χ0n) is 15.8. The van der Waals surface area contributed by atoms with Crippen LogP contribution in [0.1, 0.15) is 39.7 Å². The van der Waals surface area contributed by atoms with Crippen LogP contribution in [0, 0.1) is 25.2 Å². The van der Waals surface area contributed by atoms with Gasteiger partial charge in [0.25, 0.3) is 0 Å². The second-order valence-electron chi connectivity index (χ2n) is 6.68. The van der Waals surface area contributed by atoms with Crippen molar-refractivity contribution in [3.8, 4) is 12.3 Å². The second kappa shape index (κ2) is 9.19. The Hall–Kier alpha value is -1.61. The predicted octanol–water partition coefficient (Wildman–Crippen LogP) is 3.97. The molecule has 1 rings (SSSR count). The van der Waals surface area contributed by atoms with Crippen LogP contribution in [0.3, 0.4) is 0 Å². The summed E-state index contributed by atoms with van der Waals surface area (Å²) < 4.78 is 34.0. The fraction of sp³-hybridized carbons (Fsp3) is 0.500. The Balaban J connectivity index is 3.49. The first kappa shape index (κ1) is 21.4. The Labute approximate surface area is 152 Å². The molecule has 0 N–H and O–H groups in total. The van der Waals surface area contributed by atoms with E-state index in [1.54, 1.807) is 24.3 Å². The fourth-order valence-corrected chi connectivity index (χ4v) is 4.38. The lowest BCUT2D eigenvalue weighted by molar-refractivity contribution is -0.0416. The predicted molar refractivity (Wildman–Crippen MR) is 102 cm³/mol. The van der Waals surface area contributed by atoms with Gasteiger partial charge in [-0.05, 0) is 44.9 Å². The number of benzene rings is 1. The van der Waals surface area contributed by atoms with Crippen LogP contribution < -0.4 is 0 Å². The van der Waals surface area contributed by atoms with E-state index in [4.69, 9.17) is 11.2 Å². The van der Waals surface area contributed by atoms with Crippen LogP contribution >= 0.6 is 0 Å². The molecular weight excluding hydrogens is 334 g/mol. The van der Waals surface area contributed by atoms with E-state index in [1.165, 1.54) is 10.4 Å². The maximum atomic E-state index is 13.4. The van der Waals surface area contributed by atoms with Gasteiger partial charge in [0, 0.05) is 12.5 Å². The van der Waals surface area contributed by atoms with Gasteiger partial charge >= 0.3 is 0 Å². The average Bonchev–Trinajstić information content (AvgIpc) is 2.53. The maximum absolute atomic E-state index is 13.4. The summed E-state index contributed by atoms with van der Waals surface area (Å²) >= 11 is 0. The topological polar surface area (TPSA) is 46.6 Å². The summed E-state index contributed by atoms with van der Waals surface area (Å²) in [5.74, 6) is 2.62. The van der Waals surface area contributed by atoms with Gasteiger partial charge < -0.3 is 4.74 Å². The Kier molecular flexibility index (Phi) is 7.88. The van der Waals surface area contributed by atoms with Gasteiger partial charge in [-0.1, -0.05) is 38.1 Å². The fourth-order valence-electron chi connectivity index (χ4n) is 2.57. The first-order valence-corrected chi connectivity index (χ1v) is 9.90. The zero-order chi connectivity index (χ0) is 19.2. The Morgan fingerprint density at radius 3 is 2.20 bits per heavy atom. The summed E-state index contributed by atoms with van der Waals surface area (Å²) in [7, 11) is -3.80. The van der Waals surface area contributed by atoms with Crippen LogP contribution in [-0.4, -0.2) is 31.1 Å². The molecule has 0 heterocycles. The van der Waals surface area contributed by atoms with Crippen molar-refractivity contribution in [2.75, 3.05) is 0 Å². The van der Waals surface area contributed by atoms with E-state index in [2.05, 4.69) is 12.5 Å². The third-order valence-corrected chi connectivity index (χ3v) is 5.79. The van der Waals surface area contributed by atoms with Crippen LogP contribution in [0.15, 0.2) is 41.8 Å². The van der Waals surface area contributed by atoms with Crippen molar-refractivity contribution >= 4 is 10.0 Å². The molecule has 0 unspecified atom stereocenters. The minimum absolute atomic E-state index is 0.0227. The number of hydrogen-bond acceptors (Lipinski definition) is 3. The van der Waals surface area contributed by atoms with Gasteiger partial charge in [0.2, 0.25) is 10.0 Å². The molecule has 4 nitrogen and oxygen atoms in total. The summed E-state index contributed by atoms with van der Waals surface area (Å²) in [6, 6.07) is 6.39. The van der Waals surface area contributed by atoms with E-state index in [-0.39, 0.29) is 16.9 Å². The van der Waals surface area contributed by atoms with Gasteiger partial charge in [0.1, 0.15) is 6.23 Å². The molecule has 5 heteroatoms. The summed E-state index contributed by atoms with van der Waals surface area (Å²) in [6.45, 7) is 13.3. The largest absolute Gasteiger partial charge is 0.356 e. The summed E-state index contributed by atoms with van der Waals surface area (Å²) in [6.07, 6.45) is 6.38. The molecule has 0 spiro atoms. The Bertz CT molecular complexity index is 699. The van der Waals surface area contributed by atoms with E-state index < -0.39 is 22.3 Å². The highest BCUT2D eigenvalue weighted by Gasteiger charge is 2.38.